The highest BCUT2D eigenvalue weighted by Gasteiger charge is 2.40. The molecular formula is C24H24FN4O7PS. The molecule has 1 aromatic heterocycles. The third-order valence-electron chi connectivity index (χ3n) is 5.64. The Balaban J connectivity index is 1.78. The molecule has 2 heterocycles. The highest BCUT2D eigenvalue weighted by atomic mass is 32.1. The number of nitrogens with zero attached hydrogens (tertiary/aromatic N) is 2. The Bertz CT molecular complexity index is 1400. The molecule has 1 aliphatic heterocycles. The van der Waals surface area contributed by atoms with Gasteiger partial charge in [-0.2, -0.15) is 0 Å². The van der Waals surface area contributed by atoms with Gasteiger partial charge in [0.05, 0.1) is 0 Å². The summed E-state index contributed by atoms with van der Waals surface area (Å²) in [5, 5.41) is 16.2. The van der Waals surface area contributed by atoms with Crippen molar-refractivity contribution in [3.05, 3.63) is 76.5 Å². The molecule has 4 rings (SSSR count). The predicted octanol–water partition coefficient (Wildman–Crippen LogP) is 3.86. The number of anilines is 1. The largest absolute Gasteiger partial charge is 0.480 e. The number of aromatic nitrogens is 1. The van der Waals surface area contributed by atoms with Gasteiger partial charge >= 0.3 is 13.5 Å². The lowest BCUT2D eigenvalue weighted by Crippen LogP contribution is -2.38. The maximum atomic E-state index is 14.6. The van der Waals surface area contributed by atoms with Crippen LogP contribution < -0.4 is 14.9 Å². The molecule has 3 N–H and O–H groups in total. The minimum absolute atomic E-state index is 0.0466. The van der Waals surface area contributed by atoms with Crippen molar-refractivity contribution in [2.24, 2.45) is 0 Å². The lowest BCUT2D eigenvalue weighted by atomic mass is 10.0. The number of fused-ring (bicyclic) bond motifs is 1. The van der Waals surface area contributed by atoms with E-state index in [9.17, 15) is 28.4 Å². The first-order chi connectivity index (χ1) is 18.1. The molecular weight excluding hydrogens is 538 g/mol. The number of amides is 2. The van der Waals surface area contributed by atoms with Crippen LogP contribution in [-0.4, -0.2) is 52.3 Å². The molecule has 11 nitrogen and oxygen atoms in total. The third-order valence-corrected chi connectivity index (χ3v) is 8.20. The van der Waals surface area contributed by atoms with Crippen LogP contribution in [0.25, 0.3) is 0 Å². The quantitative estimate of drug-likeness (QED) is 0.297. The van der Waals surface area contributed by atoms with Crippen molar-refractivity contribution in [2.75, 3.05) is 18.8 Å². The summed E-state index contributed by atoms with van der Waals surface area (Å²) in [5.74, 6) is -3.39. The van der Waals surface area contributed by atoms with E-state index in [2.05, 4.69) is 15.4 Å². The van der Waals surface area contributed by atoms with Gasteiger partial charge in [0.1, 0.15) is 30.0 Å². The lowest BCUT2D eigenvalue weighted by Gasteiger charge is -2.30. The molecule has 0 radical (unpaired) electrons. The van der Waals surface area contributed by atoms with Crippen molar-refractivity contribution in [3.63, 3.8) is 0 Å². The monoisotopic (exact) mass is 562 g/mol. The first-order valence-corrected chi connectivity index (χ1v) is 14.0. The van der Waals surface area contributed by atoms with E-state index in [0.717, 1.165) is 29.5 Å². The van der Waals surface area contributed by atoms with Gasteiger partial charge in [0.2, 0.25) is 0 Å². The number of ether oxygens (including phenoxy) is 1. The van der Waals surface area contributed by atoms with E-state index in [4.69, 9.17) is 9.26 Å². The van der Waals surface area contributed by atoms with Gasteiger partial charge in [-0.15, -0.1) is 11.3 Å². The minimum Gasteiger partial charge on any atom is -0.480 e. The second-order valence-electron chi connectivity index (χ2n) is 8.37. The van der Waals surface area contributed by atoms with Gasteiger partial charge in [-0.05, 0) is 36.8 Å². The summed E-state index contributed by atoms with van der Waals surface area (Å²) in [4.78, 5) is 43.7. The summed E-state index contributed by atoms with van der Waals surface area (Å²) in [7, 11) is -2.80. The second-order valence-corrected chi connectivity index (χ2v) is 11.3. The molecule has 0 aliphatic carbocycles. The maximum Gasteiger partial charge on any atom is 0.342 e. The average molecular weight is 563 g/mol. The Kier molecular flexibility index (Phi) is 8.22. The molecule has 2 amide bonds. The van der Waals surface area contributed by atoms with Gasteiger partial charge in [-0.1, -0.05) is 18.2 Å². The number of methoxy groups -OCH3 is 1. The van der Waals surface area contributed by atoms with Crippen molar-refractivity contribution >= 4 is 41.8 Å². The summed E-state index contributed by atoms with van der Waals surface area (Å²) in [6, 6.07) is 7.33. The number of carboxylic acids is 1. The maximum absolute atomic E-state index is 14.6. The fourth-order valence-electron chi connectivity index (χ4n) is 3.98. The number of carbonyl (C=O) groups excluding carboxylic acids is 2. The molecule has 38 heavy (non-hydrogen) atoms. The van der Waals surface area contributed by atoms with Gasteiger partial charge in [0.25, 0.3) is 11.8 Å². The smallest absolute Gasteiger partial charge is 0.342 e. The molecule has 0 saturated carbocycles. The highest BCUT2D eigenvalue weighted by Crippen LogP contribution is 2.47. The van der Waals surface area contributed by atoms with Gasteiger partial charge in [0.15, 0.2) is 5.13 Å². The third kappa shape index (κ3) is 5.91. The average Bonchev–Trinajstić information content (AvgIpc) is 3.49. The van der Waals surface area contributed by atoms with E-state index in [-0.39, 0.29) is 23.0 Å². The van der Waals surface area contributed by atoms with Crippen LogP contribution in [0, 0.1) is 5.82 Å². The molecule has 3 aromatic rings. The Morgan fingerprint density at radius 3 is 2.71 bits per heavy atom. The van der Waals surface area contributed by atoms with Crippen LogP contribution in [-0.2, 0) is 25.4 Å². The number of carbonyl (C=O) groups is 3. The number of hydrogen-bond acceptors (Lipinski definition) is 8. The normalized spacial score (nSPS) is 15.9. The molecule has 0 spiro atoms. The van der Waals surface area contributed by atoms with Crippen molar-refractivity contribution in [1.29, 1.82) is 0 Å². The number of nitrogens with one attached hydrogen (secondary N) is 2. The number of carboxylic acid groups (broad SMARTS) is 1. The molecule has 2 aromatic carbocycles. The fraction of sp³-hybridized carbons (Fsp3) is 0.250. The van der Waals surface area contributed by atoms with Crippen molar-refractivity contribution in [3.8, 4) is 5.75 Å². The topological polar surface area (TPSA) is 147 Å². The summed E-state index contributed by atoms with van der Waals surface area (Å²) < 4.78 is 38.9. The molecule has 2 unspecified atom stereocenters. The van der Waals surface area contributed by atoms with Gasteiger partial charge in [0, 0.05) is 36.4 Å². The van der Waals surface area contributed by atoms with Crippen molar-refractivity contribution < 1.29 is 37.7 Å². The highest BCUT2D eigenvalue weighted by molar-refractivity contribution is 7.57. The Morgan fingerprint density at radius 2 is 2.05 bits per heavy atom. The molecule has 0 fully saturated rings. The Morgan fingerprint density at radius 1 is 1.29 bits per heavy atom. The Labute approximate surface area is 221 Å². The summed E-state index contributed by atoms with van der Waals surface area (Å²) >= 11 is 1.15. The first kappa shape index (κ1) is 27.4. The van der Waals surface area contributed by atoms with Gasteiger partial charge in [-0.25, -0.2) is 14.5 Å². The van der Waals surface area contributed by atoms with Crippen LogP contribution in [0.15, 0.2) is 54.0 Å². The lowest BCUT2D eigenvalue weighted by molar-refractivity contribution is -0.138. The summed E-state index contributed by atoms with van der Waals surface area (Å²) in [6.07, 6.45) is 0.963. The molecule has 0 bridgehead atoms. The van der Waals surface area contributed by atoms with E-state index in [1.807, 2.05) is 0 Å². The molecule has 200 valence electrons. The second kappa shape index (κ2) is 11.4. The van der Waals surface area contributed by atoms with Crippen LogP contribution in [0.3, 0.4) is 0 Å². The van der Waals surface area contributed by atoms with Gasteiger partial charge in [-0.3, -0.25) is 24.3 Å². The zero-order chi connectivity index (χ0) is 27.4. The molecule has 14 heteroatoms. The van der Waals surface area contributed by atoms with Crippen molar-refractivity contribution in [2.45, 2.75) is 25.6 Å². The minimum atomic E-state index is -4.05. The van der Waals surface area contributed by atoms with Crippen molar-refractivity contribution in [1.82, 2.24) is 15.0 Å². The van der Waals surface area contributed by atoms with E-state index in [1.165, 1.54) is 25.1 Å². The van der Waals surface area contributed by atoms with Crippen LogP contribution in [0.2, 0.25) is 0 Å². The first-order valence-electron chi connectivity index (χ1n) is 11.3. The molecule has 0 saturated heterocycles. The van der Waals surface area contributed by atoms with Crippen LogP contribution >= 0.6 is 18.9 Å². The van der Waals surface area contributed by atoms with Gasteiger partial charge < -0.3 is 19.3 Å². The van der Waals surface area contributed by atoms with E-state index in [0.29, 0.717) is 11.1 Å². The predicted molar refractivity (Wildman–Crippen MR) is 137 cm³/mol. The summed E-state index contributed by atoms with van der Waals surface area (Å²) in [6.45, 7) is 1.31. The van der Waals surface area contributed by atoms with Crippen LogP contribution in [0.5, 0.6) is 5.75 Å². The van der Waals surface area contributed by atoms with E-state index >= 15 is 0 Å². The fourth-order valence-corrected chi connectivity index (χ4v) is 6.22. The zero-order valence-electron chi connectivity index (χ0n) is 20.3. The van der Waals surface area contributed by atoms with E-state index < -0.39 is 49.6 Å². The molecule has 3 atom stereocenters. The van der Waals surface area contributed by atoms with Crippen LogP contribution in [0.1, 0.15) is 34.5 Å². The number of hydrogen-bond donors (Lipinski definition) is 3. The standard InChI is InChI=1S/C24H24FN4O7PS/c1-14(23(32)33)28-37(34,13-35-2)36-19-8-7-16(25)11-18(19)20(21(30)27-24-26-9-10-38-24)29-12-15-5-3-4-6-17(15)22(29)31/h3-11,14,20H,12-13H2,1-2H3,(H,28,34)(H,32,33)(H,26,27,30)/t14-,20?,37?/m0/s1. The SMILES string of the molecule is COCP(=O)(N[C@@H](C)C(=O)O)Oc1ccc(F)cc1C(C(=O)Nc1nccs1)N1Cc2ccccc2C1=O. The number of benzene rings is 2. The zero-order valence-corrected chi connectivity index (χ0v) is 22.0. The van der Waals surface area contributed by atoms with E-state index in [1.54, 1.807) is 29.6 Å². The number of thiazole rings is 1. The number of rotatable bonds is 11. The van der Waals surface area contributed by atoms with Crippen LogP contribution in [0.4, 0.5) is 9.52 Å². The molecule has 1 aliphatic rings. The Hall–Kier alpha value is -3.64. The number of halogens is 1. The number of aliphatic carboxylic acids is 1. The summed E-state index contributed by atoms with van der Waals surface area (Å²) in [5.41, 5.74) is 0.965.